The molecule has 11 heteroatoms. The molecule has 0 radical (unpaired) electrons. The first-order valence-electron chi connectivity index (χ1n) is 11.7. The van der Waals surface area contributed by atoms with Gasteiger partial charge in [-0.05, 0) is 41.8 Å². The lowest BCUT2D eigenvalue weighted by molar-refractivity contribution is -0.00855. The third-order valence-corrected chi connectivity index (χ3v) is 7.19. The highest BCUT2D eigenvalue weighted by Gasteiger charge is 2.27. The molecule has 1 fully saturated rings. The number of pyridine rings is 1. The number of benzene rings is 1. The molecule has 1 saturated heterocycles. The van der Waals surface area contributed by atoms with Crippen LogP contribution in [0.25, 0.3) is 0 Å². The number of halogens is 2. The van der Waals surface area contributed by atoms with Crippen molar-refractivity contribution in [3.05, 3.63) is 64.0 Å². The van der Waals surface area contributed by atoms with Crippen molar-refractivity contribution in [1.82, 2.24) is 19.4 Å². The Balaban J connectivity index is 1.68. The second kappa shape index (κ2) is 12.3. The van der Waals surface area contributed by atoms with Gasteiger partial charge in [0.15, 0.2) is 0 Å². The smallest absolute Gasteiger partial charge is 0.417 e. The SMILES string of the molecule is CC(C)c1nc(N(C)C(=O)OCN2CCOCC2)n(Cc2ccncc2)c1Sc1cc(Cl)cc(Cl)c1. The lowest BCUT2D eigenvalue weighted by atomic mass is 10.1. The molecule has 1 aliphatic heterocycles. The lowest BCUT2D eigenvalue weighted by Crippen LogP contribution is -2.40. The Kier molecular flexibility index (Phi) is 9.14. The van der Waals surface area contributed by atoms with Crippen LogP contribution in [0.5, 0.6) is 0 Å². The Morgan fingerprint density at radius 2 is 1.83 bits per heavy atom. The second-order valence-electron chi connectivity index (χ2n) is 8.73. The minimum atomic E-state index is -0.472. The molecule has 0 atom stereocenters. The molecule has 0 bridgehead atoms. The van der Waals surface area contributed by atoms with Crippen molar-refractivity contribution >= 4 is 47.0 Å². The number of imidazole rings is 1. The largest absolute Gasteiger partial charge is 0.433 e. The Morgan fingerprint density at radius 1 is 1.17 bits per heavy atom. The number of morpholine rings is 1. The quantitative estimate of drug-likeness (QED) is 0.353. The van der Waals surface area contributed by atoms with Crippen molar-refractivity contribution in [2.24, 2.45) is 0 Å². The number of anilines is 1. The van der Waals surface area contributed by atoms with Crippen LogP contribution >= 0.6 is 35.0 Å². The summed E-state index contributed by atoms with van der Waals surface area (Å²) in [5.41, 5.74) is 1.90. The molecule has 1 amide bonds. The summed E-state index contributed by atoms with van der Waals surface area (Å²) in [5, 5.41) is 2.02. The summed E-state index contributed by atoms with van der Waals surface area (Å²) in [4.78, 5) is 26.5. The van der Waals surface area contributed by atoms with Gasteiger partial charge in [0.25, 0.3) is 0 Å². The molecule has 0 saturated carbocycles. The summed E-state index contributed by atoms with van der Waals surface area (Å²) < 4.78 is 13.0. The summed E-state index contributed by atoms with van der Waals surface area (Å²) in [6.07, 6.45) is 3.03. The predicted octanol–water partition coefficient (Wildman–Crippen LogP) is 5.77. The van der Waals surface area contributed by atoms with Gasteiger partial charge in [-0.15, -0.1) is 0 Å². The molecule has 0 aliphatic carbocycles. The molecule has 1 aliphatic rings. The first-order chi connectivity index (χ1) is 17.3. The molecule has 0 N–H and O–H groups in total. The van der Waals surface area contributed by atoms with E-state index < -0.39 is 6.09 Å². The van der Waals surface area contributed by atoms with Gasteiger partial charge < -0.3 is 9.47 Å². The zero-order chi connectivity index (χ0) is 25.7. The van der Waals surface area contributed by atoms with Crippen LogP contribution in [0.3, 0.4) is 0 Å². The average Bonchev–Trinajstić information content (AvgIpc) is 3.20. The van der Waals surface area contributed by atoms with E-state index in [2.05, 4.69) is 18.8 Å². The van der Waals surface area contributed by atoms with E-state index in [-0.39, 0.29) is 12.6 Å². The average molecular weight is 551 g/mol. The summed E-state index contributed by atoms with van der Waals surface area (Å²) in [6, 6.07) is 9.33. The summed E-state index contributed by atoms with van der Waals surface area (Å²) in [7, 11) is 1.68. The number of rotatable bonds is 8. The van der Waals surface area contributed by atoms with E-state index in [1.54, 1.807) is 25.5 Å². The Labute approximate surface area is 225 Å². The summed E-state index contributed by atoms with van der Waals surface area (Å²) >= 11 is 14.1. The molecule has 36 heavy (non-hydrogen) atoms. The topological polar surface area (TPSA) is 72.7 Å². The fraction of sp³-hybridized carbons (Fsp3) is 0.400. The van der Waals surface area contributed by atoms with E-state index in [4.69, 9.17) is 37.7 Å². The van der Waals surface area contributed by atoms with Crippen LogP contribution < -0.4 is 4.90 Å². The summed E-state index contributed by atoms with van der Waals surface area (Å²) in [6.45, 7) is 7.59. The van der Waals surface area contributed by atoms with Crippen molar-refractivity contribution in [2.45, 2.75) is 36.2 Å². The van der Waals surface area contributed by atoms with Gasteiger partial charge in [-0.1, -0.05) is 48.8 Å². The number of ether oxygens (including phenoxy) is 2. The molecular formula is C25H29Cl2N5O3S. The van der Waals surface area contributed by atoms with Crippen molar-refractivity contribution in [3.63, 3.8) is 0 Å². The van der Waals surface area contributed by atoms with E-state index in [0.29, 0.717) is 35.8 Å². The minimum absolute atomic E-state index is 0.109. The fourth-order valence-corrected chi connectivity index (χ4v) is 5.64. The molecular weight excluding hydrogens is 521 g/mol. The second-order valence-corrected chi connectivity index (χ2v) is 10.7. The maximum absolute atomic E-state index is 13.1. The minimum Gasteiger partial charge on any atom is -0.433 e. The van der Waals surface area contributed by atoms with Crippen molar-refractivity contribution in [2.75, 3.05) is 45.0 Å². The maximum Gasteiger partial charge on any atom is 0.417 e. The molecule has 8 nitrogen and oxygen atoms in total. The normalized spacial score (nSPS) is 14.3. The van der Waals surface area contributed by atoms with Crippen LogP contribution in [0, 0.1) is 0 Å². The molecule has 192 valence electrons. The monoisotopic (exact) mass is 549 g/mol. The summed E-state index contributed by atoms with van der Waals surface area (Å²) in [5.74, 6) is 0.607. The number of hydrogen-bond donors (Lipinski definition) is 0. The molecule has 0 unspecified atom stereocenters. The van der Waals surface area contributed by atoms with Gasteiger partial charge in [-0.3, -0.25) is 14.5 Å². The first kappa shape index (κ1) is 26.8. The van der Waals surface area contributed by atoms with Crippen molar-refractivity contribution < 1.29 is 14.3 Å². The molecule has 2 aromatic heterocycles. The van der Waals surface area contributed by atoms with Crippen LogP contribution in [-0.4, -0.2) is 65.6 Å². The first-order valence-corrected chi connectivity index (χ1v) is 13.2. The number of nitrogens with zero attached hydrogens (tertiary/aromatic N) is 5. The van der Waals surface area contributed by atoms with Crippen LogP contribution in [0.1, 0.15) is 31.0 Å². The Hall–Kier alpha value is -2.30. The highest BCUT2D eigenvalue weighted by molar-refractivity contribution is 7.99. The van der Waals surface area contributed by atoms with E-state index in [9.17, 15) is 4.79 Å². The van der Waals surface area contributed by atoms with Gasteiger partial charge >= 0.3 is 6.09 Å². The van der Waals surface area contributed by atoms with Gasteiger partial charge in [0, 0.05) is 47.5 Å². The predicted molar refractivity (Wildman–Crippen MR) is 142 cm³/mol. The molecule has 1 aromatic carbocycles. The van der Waals surface area contributed by atoms with Gasteiger partial charge in [0.1, 0.15) is 11.8 Å². The van der Waals surface area contributed by atoms with Crippen LogP contribution in [-0.2, 0) is 16.0 Å². The number of amides is 1. The molecule has 4 rings (SSSR count). The number of aromatic nitrogens is 3. The van der Waals surface area contributed by atoms with Crippen LogP contribution in [0.2, 0.25) is 10.0 Å². The van der Waals surface area contributed by atoms with E-state index >= 15 is 0 Å². The molecule has 0 spiro atoms. The van der Waals surface area contributed by atoms with Crippen molar-refractivity contribution in [1.29, 1.82) is 0 Å². The van der Waals surface area contributed by atoms with Crippen molar-refractivity contribution in [3.8, 4) is 0 Å². The Bertz CT molecular complexity index is 1170. The lowest BCUT2D eigenvalue weighted by Gasteiger charge is -2.27. The van der Waals surface area contributed by atoms with Gasteiger partial charge in [0.2, 0.25) is 5.95 Å². The number of carbonyl (C=O) groups is 1. The maximum atomic E-state index is 13.1. The Morgan fingerprint density at radius 3 is 2.47 bits per heavy atom. The molecule has 3 aromatic rings. The molecule has 3 heterocycles. The van der Waals surface area contributed by atoms with Crippen LogP contribution in [0.4, 0.5) is 10.7 Å². The number of hydrogen-bond acceptors (Lipinski definition) is 7. The fourth-order valence-electron chi connectivity index (χ4n) is 3.75. The van der Waals surface area contributed by atoms with E-state index in [1.807, 2.05) is 33.7 Å². The van der Waals surface area contributed by atoms with E-state index in [1.165, 1.54) is 16.7 Å². The van der Waals surface area contributed by atoms with E-state index in [0.717, 1.165) is 34.3 Å². The highest BCUT2D eigenvalue weighted by Crippen LogP contribution is 2.39. The highest BCUT2D eigenvalue weighted by atomic mass is 35.5. The zero-order valence-corrected chi connectivity index (χ0v) is 22.8. The third-order valence-electron chi connectivity index (χ3n) is 5.66. The van der Waals surface area contributed by atoms with Crippen LogP contribution in [0.15, 0.2) is 52.6 Å². The van der Waals surface area contributed by atoms with Gasteiger partial charge in [-0.2, -0.15) is 0 Å². The third kappa shape index (κ3) is 6.72. The van der Waals surface area contributed by atoms with Gasteiger partial charge in [-0.25, -0.2) is 14.7 Å². The van der Waals surface area contributed by atoms with Gasteiger partial charge in [0.05, 0.1) is 25.5 Å². The standard InChI is InChI=1S/C25H29Cl2N5O3S/c1-17(2)22-23(36-21-13-19(26)12-20(27)14-21)32(15-18-4-6-28-7-5-18)24(29-22)30(3)25(33)35-16-31-8-10-34-11-9-31/h4-7,12-14,17H,8-11,15-16H2,1-3H3. The number of carbonyl (C=O) groups excluding carboxylic acids is 1. The zero-order valence-electron chi connectivity index (χ0n) is 20.5.